The molecular weight excluding hydrogens is 296 g/mol. The molecule has 1 aromatic rings. The Hall–Kier alpha value is -2.24. The molecular formula is C17H24N2O4. The highest BCUT2D eigenvalue weighted by molar-refractivity contribution is 6.03. The highest BCUT2D eigenvalue weighted by Crippen LogP contribution is 2.41. The standard InChI is InChI=1S/C17H24N2O4/c1-3-17(4-2)16(22)19(10-6-5-7-15(20)21)13-11-12(18)8-9-14(13)23-17/h8-9,11H,3-7,10,18H2,1-2H3,(H,20,21). The molecule has 126 valence electrons. The van der Waals surface area contributed by atoms with E-state index in [2.05, 4.69) is 0 Å². The minimum atomic E-state index is -0.851. The molecule has 23 heavy (non-hydrogen) atoms. The molecule has 1 aliphatic rings. The number of rotatable bonds is 7. The second-order valence-corrected chi connectivity index (χ2v) is 5.84. The normalized spacial score (nSPS) is 15.9. The highest BCUT2D eigenvalue weighted by Gasteiger charge is 2.45. The number of nitrogens with zero attached hydrogens (tertiary/aromatic N) is 1. The van der Waals surface area contributed by atoms with Crippen LogP contribution in [0.5, 0.6) is 5.75 Å². The summed E-state index contributed by atoms with van der Waals surface area (Å²) in [6.07, 6.45) is 2.42. The van der Waals surface area contributed by atoms with Gasteiger partial charge in [-0.3, -0.25) is 9.59 Å². The van der Waals surface area contributed by atoms with Crippen molar-refractivity contribution in [3.8, 4) is 5.75 Å². The van der Waals surface area contributed by atoms with Crippen LogP contribution in [-0.2, 0) is 9.59 Å². The average molecular weight is 320 g/mol. The van der Waals surface area contributed by atoms with Crippen molar-refractivity contribution in [1.82, 2.24) is 0 Å². The number of carbonyl (C=O) groups excluding carboxylic acids is 1. The number of ether oxygens (including phenoxy) is 1. The van der Waals surface area contributed by atoms with Crippen LogP contribution in [0, 0.1) is 0 Å². The Balaban J connectivity index is 2.27. The van der Waals surface area contributed by atoms with Crippen LogP contribution in [0.4, 0.5) is 11.4 Å². The van der Waals surface area contributed by atoms with E-state index in [1.165, 1.54) is 0 Å². The van der Waals surface area contributed by atoms with Crippen molar-refractivity contribution in [3.05, 3.63) is 18.2 Å². The number of hydrogen-bond acceptors (Lipinski definition) is 4. The van der Waals surface area contributed by atoms with Gasteiger partial charge in [-0.05, 0) is 43.9 Å². The lowest BCUT2D eigenvalue weighted by Gasteiger charge is -2.42. The Morgan fingerprint density at radius 2 is 2.00 bits per heavy atom. The number of benzene rings is 1. The molecule has 0 atom stereocenters. The van der Waals surface area contributed by atoms with Gasteiger partial charge >= 0.3 is 5.97 Å². The lowest BCUT2D eigenvalue weighted by molar-refractivity contribution is -0.137. The third-order valence-corrected chi connectivity index (χ3v) is 4.38. The number of carbonyl (C=O) groups is 2. The second-order valence-electron chi connectivity index (χ2n) is 5.84. The third kappa shape index (κ3) is 3.41. The smallest absolute Gasteiger partial charge is 0.303 e. The van der Waals surface area contributed by atoms with Gasteiger partial charge in [0.2, 0.25) is 0 Å². The van der Waals surface area contributed by atoms with Crippen LogP contribution >= 0.6 is 0 Å². The van der Waals surface area contributed by atoms with Gasteiger partial charge in [0.1, 0.15) is 5.75 Å². The zero-order chi connectivity index (χ0) is 17.0. The molecule has 1 amide bonds. The fourth-order valence-electron chi connectivity index (χ4n) is 2.91. The summed E-state index contributed by atoms with van der Waals surface area (Å²) in [7, 11) is 0. The SMILES string of the molecule is CCC1(CC)Oc2ccc(N)cc2N(CCCCC(=O)O)C1=O. The molecule has 6 heteroatoms. The van der Waals surface area contributed by atoms with Crippen molar-refractivity contribution in [2.45, 2.75) is 51.6 Å². The van der Waals surface area contributed by atoms with Crippen molar-refractivity contribution in [2.24, 2.45) is 0 Å². The molecule has 0 unspecified atom stereocenters. The summed E-state index contributed by atoms with van der Waals surface area (Å²) < 4.78 is 6.02. The van der Waals surface area contributed by atoms with Crippen LogP contribution in [-0.4, -0.2) is 29.1 Å². The molecule has 0 aromatic heterocycles. The van der Waals surface area contributed by atoms with Crippen LogP contribution in [0.2, 0.25) is 0 Å². The predicted octanol–water partition coefficient (Wildman–Crippen LogP) is 2.81. The molecule has 0 spiro atoms. The first kappa shape index (κ1) is 17.1. The van der Waals surface area contributed by atoms with Crippen molar-refractivity contribution in [2.75, 3.05) is 17.2 Å². The summed E-state index contributed by atoms with van der Waals surface area (Å²) in [5.74, 6) is -0.240. The maximum absolute atomic E-state index is 13.0. The van der Waals surface area contributed by atoms with Crippen LogP contribution in [0.15, 0.2) is 18.2 Å². The first-order valence-electron chi connectivity index (χ1n) is 8.06. The molecule has 1 heterocycles. The fourth-order valence-corrected chi connectivity index (χ4v) is 2.91. The molecule has 2 rings (SSSR count). The Bertz CT molecular complexity index is 596. The van der Waals surface area contributed by atoms with Crippen LogP contribution in [0.1, 0.15) is 46.0 Å². The van der Waals surface area contributed by atoms with Crippen molar-refractivity contribution < 1.29 is 19.4 Å². The zero-order valence-corrected chi connectivity index (χ0v) is 13.7. The summed E-state index contributed by atoms with van der Waals surface area (Å²) >= 11 is 0. The molecule has 0 saturated heterocycles. The van der Waals surface area contributed by atoms with Gasteiger partial charge in [-0.15, -0.1) is 0 Å². The minimum absolute atomic E-state index is 0.0732. The number of amides is 1. The summed E-state index contributed by atoms with van der Waals surface area (Å²) in [5.41, 5.74) is 6.23. The van der Waals surface area contributed by atoms with Crippen LogP contribution in [0.3, 0.4) is 0 Å². The summed E-state index contributed by atoms with van der Waals surface area (Å²) in [5, 5.41) is 8.74. The van der Waals surface area contributed by atoms with E-state index >= 15 is 0 Å². The Labute approximate surface area is 136 Å². The van der Waals surface area contributed by atoms with E-state index < -0.39 is 11.6 Å². The lowest BCUT2D eigenvalue weighted by Crippen LogP contribution is -2.55. The Kier molecular flexibility index (Phi) is 5.13. The maximum atomic E-state index is 13.0. The maximum Gasteiger partial charge on any atom is 0.303 e. The van der Waals surface area contributed by atoms with E-state index in [0.717, 1.165) is 0 Å². The molecule has 6 nitrogen and oxygen atoms in total. The van der Waals surface area contributed by atoms with Gasteiger partial charge in [0.05, 0.1) is 5.69 Å². The van der Waals surface area contributed by atoms with E-state index in [1.807, 2.05) is 13.8 Å². The lowest BCUT2D eigenvalue weighted by atomic mass is 9.92. The molecule has 1 aliphatic heterocycles. The molecule has 0 fully saturated rings. The van der Waals surface area contributed by atoms with E-state index in [1.54, 1.807) is 23.1 Å². The number of unbranched alkanes of at least 4 members (excludes halogenated alkanes) is 1. The summed E-state index contributed by atoms with van der Waals surface area (Å²) in [6.45, 7) is 4.34. The van der Waals surface area contributed by atoms with Crippen molar-refractivity contribution in [3.63, 3.8) is 0 Å². The quantitative estimate of drug-likeness (QED) is 0.595. The molecule has 0 bridgehead atoms. The van der Waals surface area contributed by atoms with Crippen LogP contribution < -0.4 is 15.4 Å². The summed E-state index contributed by atoms with van der Waals surface area (Å²) in [6, 6.07) is 5.29. The average Bonchev–Trinajstić information content (AvgIpc) is 2.53. The summed E-state index contributed by atoms with van der Waals surface area (Å²) in [4.78, 5) is 25.3. The van der Waals surface area contributed by atoms with Gasteiger partial charge in [0, 0.05) is 18.7 Å². The zero-order valence-electron chi connectivity index (χ0n) is 13.7. The van der Waals surface area contributed by atoms with Gasteiger partial charge in [-0.25, -0.2) is 0 Å². The molecule has 0 radical (unpaired) electrons. The molecule has 0 aliphatic carbocycles. The molecule has 0 saturated carbocycles. The van der Waals surface area contributed by atoms with E-state index in [4.69, 9.17) is 15.6 Å². The van der Waals surface area contributed by atoms with Crippen molar-refractivity contribution in [1.29, 1.82) is 0 Å². The monoisotopic (exact) mass is 320 g/mol. The van der Waals surface area contributed by atoms with Gasteiger partial charge in [-0.1, -0.05) is 13.8 Å². The fraction of sp³-hybridized carbons (Fsp3) is 0.529. The Morgan fingerprint density at radius 1 is 1.30 bits per heavy atom. The number of hydrogen-bond donors (Lipinski definition) is 2. The number of anilines is 2. The largest absolute Gasteiger partial charge is 0.481 e. The second kappa shape index (κ2) is 6.89. The van der Waals surface area contributed by atoms with E-state index in [0.29, 0.717) is 49.4 Å². The van der Waals surface area contributed by atoms with Gasteiger partial charge < -0.3 is 20.5 Å². The number of nitrogens with two attached hydrogens (primary N) is 1. The van der Waals surface area contributed by atoms with E-state index in [9.17, 15) is 9.59 Å². The third-order valence-electron chi connectivity index (χ3n) is 4.38. The minimum Gasteiger partial charge on any atom is -0.481 e. The number of carboxylic acid groups (broad SMARTS) is 1. The number of fused-ring (bicyclic) bond motifs is 1. The Morgan fingerprint density at radius 3 is 2.61 bits per heavy atom. The molecule has 1 aromatic carbocycles. The van der Waals surface area contributed by atoms with Gasteiger partial charge in [0.15, 0.2) is 5.60 Å². The topological polar surface area (TPSA) is 92.9 Å². The molecule has 3 N–H and O–H groups in total. The van der Waals surface area contributed by atoms with Crippen LogP contribution in [0.25, 0.3) is 0 Å². The predicted molar refractivity (Wildman–Crippen MR) is 88.6 cm³/mol. The first-order valence-corrected chi connectivity index (χ1v) is 8.06. The number of aliphatic carboxylic acids is 1. The van der Waals surface area contributed by atoms with Gasteiger partial charge in [0.25, 0.3) is 5.91 Å². The number of carboxylic acids is 1. The highest BCUT2D eigenvalue weighted by atomic mass is 16.5. The van der Waals surface area contributed by atoms with Crippen molar-refractivity contribution >= 4 is 23.3 Å². The number of nitrogen functional groups attached to an aromatic ring is 1. The van der Waals surface area contributed by atoms with E-state index in [-0.39, 0.29) is 12.3 Å². The van der Waals surface area contributed by atoms with Gasteiger partial charge in [-0.2, -0.15) is 0 Å². The first-order chi connectivity index (χ1) is 10.9.